The van der Waals surface area contributed by atoms with Crippen molar-refractivity contribution >= 4 is 39.9 Å². The number of nitrogen functional groups attached to an aromatic ring is 1. The molecular formula is C18H12Cl2F3N7O. The van der Waals surface area contributed by atoms with E-state index in [2.05, 4.69) is 25.4 Å². The Hall–Kier alpha value is -3.18. The van der Waals surface area contributed by atoms with E-state index < -0.39 is 18.5 Å². The zero-order valence-corrected chi connectivity index (χ0v) is 17.1. The summed E-state index contributed by atoms with van der Waals surface area (Å²) >= 11 is 12.4. The van der Waals surface area contributed by atoms with E-state index in [1.165, 1.54) is 13.3 Å². The van der Waals surface area contributed by atoms with Gasteiger partial charge in [-0.3, -0.25) is 0 Å². The predicted octanol–water partition coefficient (Wildman–Crippen LogP) is 4.85. The zero-order valence-electron chi connectivity index (χ0n) is 15.6. The molecule has 0 saturated carbocycles. The first-order valence-corrected chi connectivity index (χ1v) is 9.44. The number of nitrogens with two attached hydrogens (primary N) is 1. The van der Waals surface area contributed by atoms with Gasteiger partial charge in [0.2, 0.25) is 5.82 Å². The van der Waals surface area contributed by atoms with Crippen LogP contribution in [0.1, 0.15) is 25.4 Å². The van der Waals surface area contributed by atoms with Crippen LogP contribution >= 0.6 is 23.2 Å². The molecule has 0 aliphatic heterocycles. The van der Waals surface area contributed by atoms with Crippen LogP contribution in [0.15, 0.2) is 30.6 Å². The summed E-state index contributed by atoms with van der Waals surface area (Å²) in [5.41, 5.74) is 6.50. The first-order chi connectivity index (χ1) is 14.8. The molecule has 31 heavy (non-hydrogen) atoms. The molecule has 0 aliphatic carbocycles. The van der Waals surface area contributed by atoms with Crippen molar-refractivity contribution in [2.24, 2.45) is 0 Å². The Morgan fingerprint density at radius 3 is 2.68 bits per heavy atom. The van der Waals surface area contributed by atoms with Gasteiger partial charge >= 0.3 is 6.55 Å². The fourth-order valence-corrected chi connectivity index (χ4v) is 3.37. The molecule has 4 aromatic rings. The number of alkyl halides is 2. The minimum Gasteiger partial charge on any atom is -0.482 e. The van der Waals surface area contributed by atoms with Crippen LogP contribution in [0.3, 0.4) is 0 Å². The Kier molecular flexibility index (Phi) is 5.54. The number of ether oxygens (including phenoxy) is 1. The topological polar surface area (TPSA) is 105 Å². The van der Waals surface area contributed by atoms with Crippen molar-refractivity contribution in [1.82, 2.24) is 30.2 Å². The van der Waals surface area contributed by atoms with Crippen molar-refractivity contribution in [3.05, 3.63) is 52.3 Å². The van der Waals surface area contributed by atoms with Gasteiger partial charge in [-0.1, -0.05) is 40.1 Å². The molecule has 0 saturated heterocycles. The lowest BCUT2D eigenvalue weighted by Crippen LogP contribution is -2.09. The number of benzene rings is 2. The second kappa shape index (κ2) is 8.16. The van der Waals surface area contributed by atoms with Gasteiger partial charge in [-0.05, 0) is 18.2 Å². The van der Waals surface area contributed by atoms with Crippen LogP contribution in [0.4, 0.5) is 19.0 Å². The predicted molar refractivity (Wildman–Crippen MR) is 107 cm³/mol. The van der Waals surface area contributed by atoms with Gasteiger partial charge in [0.05, 0.1) is 20.9 Å². The van der Waals surface area contributed by atoms with Gasteiger partial charge in [0.1, 0.15) is 23.7 Å². The number of hydrogen-bond acceptors (Lipinski definition) is 7. The minimum atomic E-state index is -2.96. The number of hydrogen-bond donors (Lipinski definition) is 1. The summed E-state index contributed by atoms with van der Waals surface area (Å²) in [6.45, 7) is -1.48. The Bertz CT molecular complexity index is 1280. The molecule has 1 atom stereocenters. The van der Waals surface area contributed by atoms with E-state index in [-0.39, 0.29) is 48.7 Å². The molecule has 2 heterocycles. The first kappa shape index (κ1) is 21.1. The summed E-state index contributed by atoms with van der Waals surface area (Å²) in [4.78, 5) is 8.23. The third-order valence-electron chi connectivity index (χ3n) is 4.36. The van der Waals surface area contributed by atoms with Gasteiger partial charge in [-0.15, -0.1) is 10.2 Å². The average molecular weight is 470 g/mol. The molecular weight excluding hydrogens is 458 g/mol. The lowest BCUT2D eigenvalue weighted by Gasteiger charge is -2.17. The van der Waals surface area contributed by atoms with Crippen molar-refractivity contribution in [2.75, 3.05) is 5.73 Å². The van der Waals surface area contributed by atoms with Crippen LogP contribution in [0.2, 0.25) is 10.0 Å². The Morgan fingerprint density at radius 1 is 1.19 bits per heavy atom. The van der Waals surface area contributed by atoms with E-state index in [1.54, 1.807) is 18.2 Å². The molecule has 4 rings (SSSR count). The number of fused-ring (bicyclic) bond motifs is 1. The van der Waals surface area contributed by atoms with Crippen molar-refractivity contribution in [1.29, 1.82) is 0 Å². The number of nitrogens with zero attached hydrogens (tertiary/aromatic N) is 6. The smallest absolute Gasteiger partial charge is 0.350 e. The highest BCUT2D eigenvalue weighted by Crippen LogP contribution is 2.42. The lowest BCUT2D eigenvalue weighted by molar-refractivity contribution is 0.0389. The fourth-order valence-electron chi connectivity index (χ4n) is 2.98. The quantitative estimate of drug-likeness (QED) is 0.445. The van der Waals surface area contributed by atoms with E-state index in [1.807, 2.05) is 0 Å². The van der Waals surface area contributed by atoms with Crippen molar-refractivity contribution in [2.45, 2.75) is 19.6 Å². The number of aromatic nitrogens is 6. The molecule has 2 N–H and O–H groups in total. The van der Waals surface area contributed by atoms with Crippen molar-refractivity contribution in [3.63, 3.8) is 0 Å². The van der Waals surface area contributed by atoms with Crippen LogP contribution < -0.4 is 10.5 Å². The standard InChI is InChI=1S/C18H12Cl2F3N7O/c1-7(17-27-29-30(28-17)18(22)23)31-11-5-10(21)12(8-3-2-4-9(19)14(8)20)15-13(11)16(24)26-6-25-15/h2-7,18H,1H3,(H2,24,25,26)/t7-/m0/s1. The largest absolute Gasteiger partial charge is 0.482 e. The summed E-state index contributed by atoms with van der Waals surface area (Å²) in [5, 5.41) is 10.9. The second-order valence-electron chi connectivity index (χ2n) is 6.32. The Morgan fingerprint density at radius 2 is 1.97 bits per heavy atom. The SMILES string of the molecule is C[C@H](Oc1cc(F)c(-c2cccc(Cl)c2Cl)c2ncnc(N)c12)c1nnn(C(F)F)n1. The summed E-state index contributed by atoms with van der Waals surface area (Å²) in [6, 6.07) is 5.84. The zero-order chi connectivity index (χ0) is 22.3. The van der Waals surface area contributed by atoms with E-state index in [0.717, 1.165) is 6.07 Å². The average Bonchev–Trinajstić information content (AvgIpc) is 3.21. The Labute approximate surface area is 182 Å². The molecule has 0 radical (unpaired) electrons. The Balaban J connectivity index is 1.85. The molecule has 0 bridgehead atoms. The summed E-state index contributed by atoms with van der Waals surface area (Å²) in [7, 11) is 0. The third kappa shape index (κ3) is 3.81. The second-order valence-corrected chi connectivity index (χ2v) is 7.11. The highest BCUT2D eigenvalue weighted by Gasteiger charge is 2.24. The molecule has 0 unspecified atom stereocenters. The molecule has 0 aliphatic rings. The third-order valence-corrected chi connectivity index (χ3v) is 5.18. The molecule has 0 spiro atoms. The summed E-state index contributed by atoms with van der Waals surface area (Å²) in [5.74, 6) is -0.878. The van der Waals surface area contributed by atoms with Crippen LogP contribution in [0, 0.1) is 5.82 Å². The maximum absolute atomic E-state index is 15.2. The maximum atomic E-state index is 15.2. The summed E-state index contributed by atoms with van der Waals surface area (Å²) < 4.78 is 46.4. The van der Waals surface area contributed by atoms with Gasteiger partial charge in [0.25, 0.3) is 0 Å². The summed E-state index contributed by atoms with van der Waals surface area (Å²) in [6.07, 6.45) is 0.206. The molecule has 13 heteroatoms. The molecule has 0 amide bonds. The number of tetrazole rings is 1. The highest BCUT2D eigenvalue weighted by molar-refractivity contribution is 6.44. The van der Waals surface area contributed by atoms with E-state index in [4.69, 9.17) is 33.7 Å². The van der Waals surface area contributed by atoms with Gasteiger partial charge in [0.15, 0.2) is 6.10 Å². The molecule has 160 valence electrons. The number of halogens is 5. The van der Waals surface area contributed by atoms with Crippen LogP contribution in [-0.4, -0.2) is 30.2 Å². The number of anilines is 1. The monoisotopic (exact) mass is 469 g/mol. The highest BCUT2D eigenvalue weighted by atomic mass is 35.5. The van der Waals surface area contributed by atoms with E-state index in [9.17, 15) is 8.78 Å². The number of rotatable bonds is 5. The van der Waals surface area contributed by atoms with Crippen LogP contribution in [0.25, 0.3) is 22.0 Å². The van der Waals surface area contributed by atoms with Gasteiger partial charge in [-0.25, -0.2) is 14.4 Å². The van der Waals surface area contributed by atoms with Crippen LogP contribution in [-0.2, 0) is 0 Å². The van der Waals surface area contributed by atoms with E-state index in [0.29, 0.717) is 5.56 Å². The molecule has 8 nitrogen and oxygen atoms in total. The first-order valence-electron chi connectivity index (χ1n) is 8.69. The van der Waals surface area contributed by atoms with Crippen molar-refractivity contribution in [3.8, 4) is 16.9 Å². The van der Waals surface area contributed by atoms with Gasteiger partial charge in [-0.2, -0.15) is 8.78 Å². The van der Waals surface area contributed by atoms with Crippen molar-refractivity contribution < 1.29 is 17.9 Å². The van der Waals surface area contributed by atoms with Gasteiger partial charge in [0, 0.05) is 17.2 Å². The fraction of sp³-hybridized carbons (Fsp3) is 0.167. The molecule has 2 aromatic heterocycles. The molecule has 2 aromatic carbocycles. The minimum absolute atomic E-state index is 0.00999. The normalized spacial score (nSPS) is 12.5. The van der Waals surface area contributed by atoms with Crippen LogP contribution in [0.5, 0.6) is 5.75 Å². The molecule has 0 fully saturated rings. The van der Waals surface area contributed by atoms with Gasteiger partial charge < -0.3 is 10.5 Å². The van der Waals surface area contributed by atoms with E-state index >= 15 is 4.39 Å². The lowest BCUT2D eigenvalue weighted by atomic mass is 10.0. The maximum Gasteiger partial charge on any atom is 0.350 e.